The summed E-state index contributed by atoms with van der Waals surface area (Å²) in [6.45, 7) is 6.87. The van der Waals surface area contributed by atoms with E-state index in [9.17, 15) is 0 Å². The molecule has 0 atom stereocenters. The molecular weight excluding hydrogens is 595 g/mol. The molecule has 0 spiro atoms. The Hall–Kier alpha value is -2.83. The monoisotopic (exact) mass is 623 g/mol. The molecule has 0 radical (unpaired) electrons. The fraction of sp³-hybridized carbons (Fsp3) is 0.129. The number of pyridine rings is 1. The van der Waals surface area contributed by atoms with Gasteiger partial charge in [0.05, 0.1) is 0 Å². The molecule has 5 aromatic rings. The van der Waals surface area contributed by atoms with Crippen LogP contribution in [0.5, 0.6) is 0 Å². The minimum absolute atomic E-state index is 0.0582. The van der Waals surface area contributed by atoms with Gasteiger partial charge in [0.1, 0.15) is 0 Å². The standard InChI is InChI=1S/C19H18N.2C6H5.Bi/c1-19(2,3)17-13-15(18-10-6-7-11-20-18)12-14-8-4-5-9-16(14)17;2*1-2-4-6-5-3-1;/h4-5,7-13H,1-3H3;2*1-5H;. The van der Waals surface area contributed by atoms with Gasteiger partial charge in [0.2, 0.25) is 0 Å². The topological polar surface area (TPSA) is 12.9 Å². The first-order chi connectivity index (χ1) is 16.0. The van der Waals surface area contributed by atoms with E-state index in [2.05, 4.69) is 130 Å². The first kappa shape index (κ1) is 22.0. The Morgan fingerprint density at radius 1 is 0.606 bits per heavy atom. The van der Waals surface area contributed by atoms with Crippen LogP contribution >= 0.6 is 0 Å². The van der Waals surface area contributed by atoms with Gasteiger partial charge in [-0.15, -0.1) is 0 Å². The van der Waals surface area contributed by atoms with E-state index in [0.29, 0.717) is 0 Å². The van der Waals surface area contributed by atoms with E-state index in [0.717, 1.165) is 5.69 Å². The SMILES string of the molecule is CC(C)(C)c1cc(-c2c[c]([Bi]([c]3ccccc3)[c]3ccccc3)ccn2)cc2ccccc12. The summed E-state index contributed by atoms with van der Waals surface area (Å²) < 4.78 is 4.44. The van der Waals surface area contributed by atoms with E-state index in [1.54, 1.807) is 0 Å². The minimum atomic E-state index is -2.42. The molecule has 0 aliphatic rings. The van der Waals surface area contributed by atoms with Crippen molar-refractivity contribution in [3.05, 3.63) is 121 Å². The van der Waals surface area contributed by atoms with Crippen molar-refractivity contribution in [1.82, 2.24) is 4.98 Å². The maximum atomic E-state index is 4.84. The molecule has 4 aromatic carbocycles. The van der Waals surface area contributed by atoms with Crippen LogP contribution in [0.1, 0.15) is 26.3 Å². The molecule has 0 saturated heterocycles. The predicted molar refractivity (Wildman–Crippen MR) is 143 cm³/mol. The zero-order valence-corrected chi connectivity index (χ0v) is 22.8. The Balaban J connectivity index is 1.67. The van der Waals surface area contributed by atoms with E-state index in [-0.39, 0.29) is 5.41 Å². The van der Waals surface area contributed by atoms with Gasteiger partial charge in [-0.25, -0.2) is 0 Å². The molecule has 0 unspecified atom stereocenters. The Labute approximate surface area is 204 Å². The molecule has 0 N–H and O–H groups in total. The Kier molecular flexibility index (Phi) is 6.13. The van der Waals surface area contributed by atoms with E-state index < -0.39 is 21.8 Å². The van der Waals surface area contributed by atoms with Crippen LogP contribution in [0.2, 0.25) is 0 Å². The van der Waals surface area contributed by atoms with Gasteiger partial charge in [0, 0.05) is 0 Å². The average Bonchev–Trinajstić information content (AvgIpc) is 2.84. The van der Waals surface area contributed by atoms with Gasteiger partial charge in [-0.3, -0.25) is 0 Å². The summed E-state index contributed by atoms with van der Waals surface area (Å²) in [5.74, 6) is 0. The number of hydrogen-bond donors (Lipinski definition) is 0. The van der Waals surface area contributed by atoms with Crippen molar-refractivity contribution in [3.63, 3.8) is 0 Å². The van der Waals surface area contributed by atoms with Crippen LogP contribution in [-0.2, 0) is 5.41 Å². The Bertz CT molecular complexity index is 1350. The Morgan fingerprint density at radius 3 is 1.85 bits per heavy atom. The van der Waals surface area contributed by atoms with Gasteiger partial charge >= 0.3 is 206 Å². The molecule has 162 valence electrons. The van der Waals surface area contributed by atoms with Crippen molar-refractivity contribution in [2.45, 2.75) is 26.2 Å². The van der Waals surface area contributed by atoms with Gasteiger partial charge in [0.25, 0.3) is 0 Å². The molecular formula is C31H28BiN. The fourth-order valence-electron chi connectivity index (χ4n) is 4.40. The molecule has 2 heteroatoms. The second kappa shape index (κ2) is 9.20. The average molecular weight is 624 g/mol. The quantitative estimate of drug-likeness (QED) is 0.234. The molecule has 0 aliphatic carbocycles. The number of rotatable bonds is 4. The molecule has 0 amide bonds. The van der Waals surface area contributed by atoms with Crippen LogP contribution in [0.25, 0.3) is 22.0 Å². The molecule has 1 heterocycles. The van der Waals surface area contributed by atoms with Crippen molar-refractivity contribution >= 4 is 42.3 Å². The molecule has 0 bridgehead atoms. The number of nitrogens with zero attached hydrogens (tertiary/aromatic N) is 1. The third-order valence-electron chi connectivity index (χ3n) is 6.00. The molecule has 33 heavy (non-hydrogen) atoms. The molecule has 0 saturated carbocycles. The van der Waals surface area contributed by atoms with Crippen molar-refractivity contribution in [2.75, 3.05) is 0 Å². The number of aromatic nitrogens is 1. The molecule has 1 aromatic heterocycles. The second-order valence-corrected chi connectivity index (χ2v) is 18.0. The summed E-state index contributed by atoms with van der Waals surface area (Å²) in [7, 11) is 0. The van der Waals surface area contributed by atoms with E-state index in [1.165, 1.54) is 31.7 Å². The Morgan fingerprint density at radius 2 is 1.21 bits per heavy atom. The van der Waals surface area contributed by atoms with Gasteiger partial charge in [-0.1, -0.05) is 0 Å². The number of fused-ring (bicyclic) bond motifs is 1. The van der Waals surface area contributed by atoms with Crippen LogP contribution in [-0.4, -0.2) is 26.7 Å². The van der Waals surface area contributed by atoms with Crippen molar-refractivity contribution < 1.29 is 0 Å². The summed E-state index contributed by atoms with van der Waals surface area (Å²) >= 11 is -2.42. The summed E-state index contributed by atoms with van der Waals surface area (Å²) in [4.78, 5) is 4.84. The molecule has 5 rings (SSSR count). The van der Waals surface area contributed by atoms with E-state index in [4.69, 9.17) is 4.98 Å². The normalized spacial score (nSPS) is 11.8. The third kappa shape index (κ3) is 4.63. The summed E-state index contributed by atoms with van der Waals surface area (Å²) in [6.07, 6.45) is 2.00. The van der Waals surface area contributed by atoms with Crippen LogP contribution in [0.15, 0.2) is 115 Å². The van der Waals surface area contributed by atoms with Crippen molar-refractivity contribution in [3.8, 4) is 11.3 Å². The van der Waals surface area contributed by atoms with Crippen LogP contribution in [0.3, 0.4) is 0 Å². The summed E-state index contributed by atoms with van der Waals surface area (Å²) in [6, 6.07) is 40.1. The maximum absolute atomic E-state index is 4.84. The zero-order chi connectivity index (χ0) is 22.8. The number of hydrogen-bond acceptors (Lipinski definition) is 1. The van der Waals surface area contributed by atoms with Crippen molar-refractivity contribution in [2.24, 2.45) is 0 Å². The first-order valence-corrected chi connectivity index (χ1v) is 16.6. The first-order valence-electron chi connectivity index (χ1n) is 11.4. The van der Waals surface area contributed by atoms with Gasteiger partial charge < -0.3 is 0 Å². The third-order valence-corrected chi connectivity index (χ3v) is 15.4. The zero-order valence-electron chi connectivity index (χ0n) is 19.4. The molecule has 0 aliphatic heterocycles. The molecule has 1 nitrogen and oxygen atoms in total. The van der Waals surface area contributed by atoms with Gasteiger partial charge in [-0.05, 0) is 0 Å². The van der Waals surface area contributed by atoms with E-state index >= 15 is 0 Å². The van der Waals surface area contributed by atoms with Crippen LogP contribution < -0.4 is 9.81 Å². The van der Waals surface area contributed by atoms with Gasteiger partial charge in [-0.2, -0.15) is 0 Å². The fourth-order valence-corrected chi connectivity index (χ4v) is 13.3. The van der Waals surface area contributed by atoms with Gasteiger partial charge in [0.15, 0.2) is 0 Å². The summed E-state index contributed by atoms with van der Waals surface area (Å²) in [5, 5.41) is 2.60. The molecule has 0 fully saturated rings. The second-order valence-electron chi connectivity index (χ2n) is 9.40. The van der Waals surface area contributed by atoms with Crippen LogP contribution in [0.4, 0.5) is 0 Å². The van der Waals surface area contributed by atoms with Crippen LogP contribution in [0, 0.1) is 0 Å². The number of benzene rings is 4. The predicted octanol–water partition coefficient (Wildman–Crippen LogP) is 5.72. The summed E-state index contributed by atoms with van der Waals surface area (Å²) in [5.41, 5.74) is 3.69. The van der Waals surface area contributed by atoms with Crippen molar-refractivity contribution in [1.29, 1.82) is 0 Å². The van der Waals surface area contributed by atoms with E-state index in [1.807, 2.05) is 6.20 Å².